The Balaban J connectivity index is 2.31. The number of alkyl halides is 6. The van der Waals surface area contributed by atoms with Crippen LogP contribution in [0.1, 0.15) is 0 Å². The molecular weight excluding hydrogens is 512 g/mol. The summed E-state index contributed by atoms with van der Waals surface area (Å²) in [5, 5.41) is -0.230. The summed E-state index contributed by atoms with van der Waals surface area (Å²) in [6.07, 6.45) is -9.71. The van der Waals surface area contributed by atoms with E-state index in [4.69, 9.17) is 11.6 Å². The molecule has 1 N–H and O–H groups in total. The van der Waals surface area contributed by atoms with Gasteiger partial charge in [0.2, 0.25) is 5.95 Å². The lowest BCUT2D eigenvalue weighted by atomic mass is 10.4. The minimum atomic E-state index is -4.86. The molecule has 0 unspecified atom stereocenters. The van der Waals surface area contributed by atoms with Gasteiger partial charge in [0.15, 0.2) is 13.2 Å². The molecule has 182 valence electrons. The Bertz CT molecular complexity index is 1080. The fourth-order valence-electron chi connectivity index (χ4n) is 1.89. The van der Waals surface area contributed by atoms with Crippen molar-refractivity contribution in [3.63, 3.8) is 0 Å². The Morgan fingerprint density at radius 1 is 1.00 bits per heavy atom. The van der Waals surface area contributed by atoms with Crippen LogP contribution in [-0.2, 0) is 10.0 Å². The number of rotatable bonds is 7. The van der Waals surface area contributed by atoms with Crippen LogP contribution in [0.2, 0.25) is 5.02 Å². The third kappa shape index (κ3) is 8.08. The van der Waals surface area contributed by atoms with Crippen molar-refractivity contribution in [2.45, 2.75) is 17.2 Å². The van der Waals surface area contributed by atoms with Gasteiger partial charge >= 0.3 is 30.4 Å². The molecule has 1 aromatic carbocycles. The lowest BCUT2D eigenvalue weighted by molar-refractivity contribution is -0.156. The number of nitrogens with zero attached hydrogens (tertiary/aromatic N) is 4. The molecule has 0 saturated heterocycles. The maximum atomic E-state index is 12.4. The van der Waals surface area contributed by atoms with Gasteiger partial charge in [-0.2, -0.15) is 36.3 Å². The Morgan fingerprint density at radius 3 is 1.94 bits per heavy atom. The van der Waals surface area contributed by atoms with Gasteiger partial charge in [-0.3, -0.25) is 4.90 Å². The maximum Gasteiger partial charge on any atom is 0.422 e. The van der Waals surface area contributed by atoms with Crippen LogP contribution in [0, 0.1) is 0 Å². The van der Waals surface area contributed by atoms with Crippen molar-refractivity contribution in [2.24, 2.45) is 0 Å². The normalized spacial score (nSPS) is 12.2. The molecule has 18 heteroatoms. The summed E-state index contributed by atoms with van der Waals surface area (Å²) >= 11 is 5.78. The highest BCUT2D eigenvalue weighted by molar-refractivity contribution is 7.90. The fraction of sp³-hybridized carbons (Fsp3) is 0.333. The molecule has 0 fully saturated rings. The van der Waals surface area contributed by atoms with E-state index in [1.54, 1.807) is 4.72 Å². The van der Waals surface area contributed by atoms with Crippen molar-refractivity contribution in [2.75, 3.05) is 25.2 Å². The highest BCUT2D eigenvalue weighted by atomic mass is 35.5. The van der Waals surface area contributed by atoms with E-state index in [0.717, 1.165) is 13.1 Å². The van der Waals surface area contributed by atoms with Crippen LogP contribution in [0.15, 0.2) is 29.2 Å². The number of carbonyl (C=O) groups excluding carboxylic acids is 1. The van der Waals surface area contributed by atoms with Gasteiger partial charge in [-0.05, 0) is 12.1 Å². The van der Waals surface area contributed by atoms with Crippen LogP contribution < -0.4 is 19.1 Å². The Hall–Kier alpha value is -3.08. The monoisotopic (exact) mass is 523 g/mol. The zero-order chi connectivity index (χ0) is 25.0. The first kappa shape index (κ1) is 26.2. The third-order valence-electron chi connectivity index (χ3n) is 3.26. The van der Waals surface area contributed by atoms with Crippen LogP contribution in [0.5, 0.6) is 12.0 Å². The van der Waals surface area contributed by atoms with Gasteiger partial charge in [0.25, 0.3) is 10.0 Å². The number of amides is 2. The first-order valence-electron chi connectivity index (χ1n) is 8.27. The van der Waals surface area contributed by atoms with E-state index in [9.17, 15) is 39.6 Å². The van der Waals surface area contributed by atoms with Gasteiger partial charge in [-0.1, -0.05) is 23.7 Å². The minimum Gasteiger partial charge on any atom is -0.454 e. The largest absolute Gasteiger partial charge is 0.454 e. The van der Waals surface area contributed by atoms with Gasteiger partial charge in [-0.25, -0.2) is 17.9 Å². The van der Waals surface area contributed by atoms with Crippen LogP contribution in [0.3, 0.4) is 0 Å². The molecule has 0 spiro atoms. The van der Waals surface area contributed by atoms with Gasteiger partial charge in [-0.15, -0.1) is 4.98 Å². The third-order valence-corrected chi connectivity index (χ3v) is 5.08. The van der Waals surface area contributed by atoms with E-state index in [0.29, 0.717) is 4.90 Å². The van der Waals surface area contributed by atoms with Crippen LogP contribution in [0.4, 0.5) is 37.1 Å². The van der Waals surface area contributed by atoms with Crippen molar-refractivity contribution >= 4 is 33.6 Å². The molecule has 0 aliphatic heterocycles. The van der Waals surface area contributed by atoms with Crippen LogP contribution >= 0.6 is 11.6 Å². The standard InChI is InChI=1S/C15H12ClF6N5O5S/c1-27(13(28)26-33(29,30)9-5-3-2-4-8(9)16)10-23-11(31-6-14(17,18)19)25-12(24-10)32-7-15(20,21)22/h2-5H,6-7H2,1H3,(H,26,28). The van der Waals surface area contributed by atoms with Gasteiger partial charge in [0.1, 0.15) is 4.90 Å². The molecule has 0 bridgehead atoms. The average molecular weight is 524 g/mol. The molecule has 0 atom stereocenters. The van der Waals surface area contributed by atoms with E-state index in [-0.39, 0.29) is 5.02 Å². The van der Waals surface area contributed by atoms with Crippen LogP contribution in [0.25, 0.3) is 0 Å². The molecule has 0 radical (unpaired) electrons. The summed E-state index contributed by atoms with van der Waals surface area (Å²) in [5.74, 6) is -0.883. The molecule has 2 amide bonds. The average Bonchev–Trinajstić information content (AvgIpc) is 2.69. The summed E-state index contributed by atoms with van der Waals surface area (Å²) < 4.78 is 109. The molecular formula is C15H12ClF6N5O5S. The number of halogens is 7. The molecule has 2 aromatic rings. The second kappa shape index (κ2) is 9.82. The van der Waals surface area contributed by atoms with Crippen molar-refractivity contribution < 1.29 is 49.0 Å². The topological polar surface area (TPSA) is 124 Å². The molecule has 1 aromatic heterocycles. The molecule has 0 aliphatic carbocycles. The first-order chi connectivity index (χ1) is 15.1. The SMILES string of the molecule is CN(C(=O)NS(=O)(=O)c1ccccc1Cl)c1nc(OCC(F)(F)F)nc(OCC(F)(F)F)n1. The van der Waals surface area contributed by atoms with Crippen molar-refractivity contribution in [1.82, 2.24) is 19.7 Å². The van der Waals surface area contributed by atoms with E-state index in [1.807, 2.05) is 0 Å². The molecule has 0 aliphatic rings. The highest BCUT2D eigenvalue weighted by Gasteiger charge is 2.32. The van der Waals surface area contributed by atoms with E-state index < -0.39 is 64.5 Å². The number of hydrogen-bond acceptors (Lipinski definition) is 8. The number of hydrogen-bond donors (Lipinski definition) is 1. The lowest BCUT2D eigenvalue weighted by Gasteiger charge is -2.18. The molecule has 0 saturated carbocycles. The summed E-state index contributed by atoms with van der Waals surface area (Å²) in [4.78, 5) is 22.1. The number of ether oxygens (including phenoxy) is 2. The molecule has 1 heterocycles. The Morgan fingerprint density at radius 2 is 1.48 bits per heavy atom. The Labute approximate surface area is 186 Å². The summed E-state index contributed by atoms with van der Waals surface area (Å²) in [5.41, 5.74) is 0. The number of aromatic nitrogens is 3. The Kier molecular flexibility index (Phi) is 7.79. The number of nitrogens with one attached hydrogen (secondary N) is 1. The lowest BCUT2D eigenvalue weighted by Crippen LogP contribution is -2.41. The molecule has 2 rings (SSSR count). The predicted octanol–water partition coefficient (Wildman–Crippen LogP) is 2.94. The number of carbonyl (C=O) groups is 1. The van der Waals surface area contributed by atoms with Gasteiger partial charge in [0.05, 0.1) is 5.02 Å². The number of anilines is 1. The first-order valence-corrected chi connectivity index (χ1v) is 10.1. The summed E-state index contributed by atoms with van der Waals surface area (Å²) in [6.45, 7) is -3.85. The summed E-state index contributed by atoms with van der Waals surface area (Å²) in [6, 6.07) is 1.33. The second-order valence-corrected chi connectivity index (χ2v) is 7.97. The van der Waals surface area contributed by atoms with E-state index in [2.05, 4.69) is 24.4 Å². The van der Waals surface area contributed by atoms with E-state index >= 15 is 0 Å². The number of benzene rings is 1. The zero-order valence-corrected chi connectivity index (χ0v) is 17.7. The smallest absolute Gasteiger partial charge is 0.422 e. The molecule has 10 nitrogen and oxygen atoms in total. The number of urea groups is 1. The second-order valence-electron chi connectivity index (χ2n) is 5.91. The quantitative estimate of drug-likeness (QED) is 0.550. The van der Waals surface area contributed by atoms with Crippen molar-refractivity contribution in [1.29, 1.82) is 0 Å². The van der Waals surface area contributed by atoms with E-state index in [1.165, 1.54) is 18.2 Å². The predicted molar refractivity (Wildman–Crippen MR) is 98.5 cm³/mol. The maximum absolute atomic E-state index is 12.4. The van der Waals surface area contributed by atoms with Crippen LogP contribution in [-0.4, -0.2) is 62.0 Å². The van der Waals surface area contributed by atoms with Crippen molar-refractivity contribution in [3.8, 4) is 12.0 Å². The molecule has 33 heavy (non-hydrogen) atoms. The van der Waals surface area contributed by atoms with Gasteiger partial charge in [0, 0.05) is 7.05 Å². The zero-order valence-electron chi connectivity index (χ0n) is 16.1. The van der Waals surface area contributed by atoms with Crippen molar-refractivity contribution in [3.05, 3.63) is 29.3 Å². The fourth-order valence-corrected chi connectivity index (χ4v) is 3.39. The minimum absolute atomic E-state index is 0.230. The van der Waals surface area contributed by atoms with Gasteiger partial charge < -0.3 is 9.47 Å². The number of sulfonamides is 1. The highest BCUT2D eigenvalue weighted by Crippen LogP contribution is 2.23. The summed E-state index contributed by atoms with van der Waals surface area (Å²) in [7, 11) is -3.66.